The normalized spacial score (nSPS) is 16.9. The topological polar surface area (TPSA) is 72.7 Å². The number of aryl methyl sites for hydroxylation is 2. The minimum Gasteiger partial charge on any atom is -0.381 e. The summed E-state index contributed by atoms with van der Waals surface area (Å²) in [6, 6.07) is 10.4. The van der Waals surface area contributed by atoms with Crippen molar-refractivity contribution in [3.63, 3.8) is 0 Å². The number of aliphatic imine (C=N–C) groups is 1. The van der Waals surface area contributed by atoms with Gasteiger partial charge in [0.05, 0.1) is 24.6 Å². The van der Waals surface area contributed by atoms with E-state index < -0.39 is 0 Å². The van der Waals surface area contributed by atoms with Crippen LogP contribution in [-0.2, 0) is 16.0 Å². The fraction of sp³-hybridized carbons (Fsp3) is 0.545. The Labute approximate surface area is 173 Å². The third-order valence-electron chi connectivity index (χ3n) is 5.03. The maximum absolute atomic E-state index is 5.75. The first kappa shape index (κ1) is 21.3. The molecule has 1 fully saturated rings. The predicted molar refractivity (Wildman–Crippen MR) is 116 cm³/mol. The van der Waals surface area contributed by atoms with E-state index in [2.05, 4.69) is 51.9 Å². The molecule has 0 aliphatic carbocycles. The first-order valence-corrected chi connectivity index (χ1v) is 10.4. The molecule has 1 aliphatic heterocycles. The minimum atomic E-state index is 0.569. The van der Waals surface area contributed by atoms with Gasteiger partial charge in [0, 0.05) is 45.0 Å². The Balaban J connectivity index is 1.43. The predicted octanol–water partition coefficient (Wildman–Crippen LogP) is 2.60. The number of hydrogen-bond acceptors (Lipinski definition) is 4. The summed E-state index contributed by atoms with van der Waals surface area (Å²) in [6.07, 6.45) is 2.06. The Morgan fingerprint density at radius 3 is 2.90 bits per heavy atom. The Morgan fingerprint density at radius 1 is 1.31 bits per heavy atom. The van der Waals surface area contributed by atoms with Crippen molar-refractivity contribution < 1.29 is 9.47 Å². The van der Waals surface area contributed by atoms with Crippen molar-refractivity contribution in [3.05, 3.63) is 47.3 Å². The van der Waals surface area contributed by atoms with Crippen LogP contribution in [0.2, 0.25) is 0 Å². The third-order valence-corrected chi connectivity index (χ3v) is 5.03. The zero-order chi connectivity index (χ0) is 20.5. The van der Waals surface area contributed by atoms with E-state index in [0.717, 1.165) is 68.8 Å². The van der Waals surface area contributed by atoms with E-state index in [4.69, 9.17) is 9.47 Å². The smallest absolute Gasteiger partial charge is 0.191 e. The quantitative estimate of drug-likeness (QED) is 0.385. The van der Waals surface area contributed by atoms with E-state index in [1.165, 1.54) is 5.56 Å². The van der Waals surface area contributed by atoms with Gasteiger partial charge in [-0.25, -0.2) is 4.68 Å². The highest BCUT2D eigenvalue weighted by molar-refractivity contribution is 5.79. The van der Waals surface area contributed by atoms with Crippen molar-refractivity contribution in [3.8, 4) is 5.69 Å². The van der Waals surface area contributed by atoms with Gasteiger partial charge in [-0.1, -0.05) is 18.2 Å². The molecular formula is C22H33N5O2. The van der Waals surface area contributed by atoms with Gasteiger partial charge in [-0.15, -0.1) is 0 Å². The van der Waals surface area contributed by atoms with Crippen molar-refractivity contribution >= 4 is 5.96 Å². The summed E-state index contributed by atoms with van der Waals surface area (Å²) < 4.78 is 13.1. The minimum absolute atomic E-state index is 0.569. The van der Waals surface area contributed by atoms with Gasteiger partial charge >= 0.3 is 0 Å². The van der Waals surface area contributed by atoms with Gasteiger partial charge in [0.2, 0.25) is 0 Å². The number of ether oxygens (including phenoxy) is 2. The number of aromatic nitrogens is 2. The summed E-state index contributed by atoms with van der Waals surface area (Å²) >= 11 is 0. The highest BCUT2D eigenvalue weighted by Gasteiger charge is 2.15. The van der Waals surface area contributed by atoms with Crippen LogP contribution in [0, 0.1) is 19.8 Å². The van der Waals surface area contributed by atoms with E-state index in [1.54, 1.807) is 7.05 Å². The molecule has 1 aromatic carbocycles. The van der Waals surface area contributed by atoms with E-state index >= 15 is 0 Å². The summed E-state index contributed by atoms with van der Waals surface area (Å²) in [5.41, 5.74) is 4.40. The van der Waals surface area contributed by atoms with Crippen LogP contribution in [0.3, 0.4) is 0 Å². The molecule has 7 nitrogen and oxygen atoms in total. The number of benzene rings is 1. The number of rotatable bonds is 9. The highest BCUT2D eigenvalue weighted by atomic mass is 16.5. The zero-order valence-electron chi connectivity index (χ0n) is 17.8. The fourth-order valence-electron chi connectivity index (χ4n) is 3.49. The van der Waals surface area contributed by atoms with Crippen molar-refractivity contribution in [1.82, 2.24) is 20.4 Å². The second kappa shape index (κ2) is 11.0. The molecule has 1 saturated heterocycles. The molecule has 2 aromatic rings. The van der Waals surface area contributed by atoms with E-state index in [1.807, 2.05) is 17.7 Å². The van der Waals surface area contributed by atoms with E-state index in [0.29, 0.717) is 12.5 Å². The number of guanidine groups is 1. The van der Waals surface area contributed by atoms with Gasteiger partial charge in [-0.2, -0.15) is 5.10 Å². The maximum atomic E-state index is 5.75. The average Bonchev–Trinajstić information content (AvgIpc) is 3.36. The molecule has 1 unspecified atom stereocenters. The SMILES string of the molecule is CN=C(NCCCOCC1CCOC1)NCc1ccccc1-n1nc(C)cc1C. The van der Waals surface area contributed by atoms with Crippen LogP contribution < -0.4 is 10.6 Å². The van der Waals surface area contributed by atoms with Gasteiger partial charge in [-0.3, -0.25) is 4.99 Å². The number of hydrogen-bond donors (Lipinski definition) is 2. The van der Waals surface area contributed by atoms with Gasteiger partial charge in [0.1, 0.15) is 0 Å². The van der Waals surface area contributed by atoms with Crippen LogP contribution in [0.25, 0.3) is 5.69 Å². The molecule has 0 saturated carbocycles. The monoisotopic (exact) mass is 399 g/mol. The van der Waals surface area contributed by atoms with E-state index in [9.17, 15) is 0 Å². The van der Waals surface area contributed by atoms with Crippen LogP contribution in [0.4, 0.5) is 0 Å². The summed E-state index contributed by atoms with van der Waals surface area (Å²) in [4.78, 5) is 4.32. The molecule has 29 heavy (non-hydrogen) atoms. The lowest BCUT2D eigenvalue weighted by atomic mass is 10.1. The molecular weight excluding hydrogens is 366 g/mol. The fourth-order valence-corrected chi connectivity index (χ4v) is 3.49. The Bertz CT molecular complexity index is 796. The summed E-state index contributed by atoms with van der Waals surface area (Å²) in [6.45, 7) is 8.85. The molecule has 7 heteroatoms. The number of nitrogens with one attached hydrogen (secondary N) is 2. The standard InChI is InChI=1S/C22H33N5O2/c1-17-13-18(2)27(26-17)21-8-5-4-7-20(21)14-25-22(23-3)24-10-6-11-28-15-19-9-12-29-16-19/h4-5,7-8,13,19H,6,9-12,14-16H2,1-3H3,(H2,23,24,25). The molecule has 0 radical (unpaired) electrons. The van der Waals surface area contributed by atoms with Crippen LogP contribution in [0.15, 0.2) is 35.3 Å². The summed E-state index contributed by atoms with van der Waals surface area (Å²) in [5.74, 6) is 1.36. The molecule has 1 atom stereocenters. The Hall–Kier alpha value is -2.38. The largest absolute Gasteiger partial charge is 0.381 e. The molecule has 2 N–H and O–H groups in total. The number of para-hydroxylation sites is 1. The molecule has 1 aliphatic rings. The lowest BCUT2D eigenvalue weighted by molar-refractivity contribution is 0.0888. The van der Waals surface area contributed by atoms with Gasteiger partial charge in [-0.05, 0) is 44.4 Å². The third kappa shape index (κ3) is 6.30. The lowest BCUT2D eigenvalue weighted by Gasteiger charge is -2.15. The van der Waals surface area contributed by atoms with Gasteiger partial charge in [0.15, 0.2) is 5.96 Å². The van der Waals surface area contributed by atoms with Crippen LogP contribution in [0.1, 0.15) is 29.8 Å². The van der Waals surface area contributed by atoms with Crippen molar-refractivity contribution in [2.24, 2.45) is 10.9 Å². The molecule has 3 rings (SSSR count). The second-order valence-electron chi connectivity index (χ2n) is 7.48. The maximum Gasteiger partial charge on any atom is 0.191 e. The summed E-state index contributed by atoms with van der Waals surface area (Å²) in [5, 5.41) is 11.4. The molecule has 1 aromatic heterocycles. The van der Waals surface area contributed by atoms with E-state index in [-0.39, 0.29) is 0 Å². The molecule has 158 valence electrons. The van der Waals surface area contributed by atoms with Gasteiger partial charge in [0.25, 0.3) is 0 Å². The highest BCUT2D eigenvalue weighted by Crippen LogP contribution is 2.17. The van der Waals surface area contributed by atoms with Crippen LogP contribution >= 0.6 is 0 Å². The lowest BCUT2D eigenvalue weighted by Crippen LogP contribution is -2.37. The average molecular weight is 400 g/mol. The van der Waals surface area contributed by atoms with Gasteiger partial charge < -0.3 is 20.1 Å². The molecule has 0 spiro atoms. The molecule has 0 amide bonds. The molecule has 0 bridgehead atoms. The Morgan fingerprint density at radius 2 is 2.17 bits per heavy atom. The van der Waals surface area contributed by atoms with Crippen LogP contribution in [0.5, 0.6) is 0 Å². The van der Waals surface area contributed by atoms with Crippen molar-refractivity contribution in [2.75, 3.05) is 40.0 Å². The first-order valence-electron chi connectivity index (χ1n) is 10.4. The second-order valence-corrected chi connectivity index (χ2v) is 7.48. The Kier molecular flexibility index (Phi) is 8.07. The van der Waals surface area contributed by atoms with Crippen LogP contribution in [-0.4, -0.2) is 55.8 Å². The molecule has 2 heterocycles. The number of nitrogens with zero attached hydrogens (tertiary/aromatic N) is 3. The zero-order valence-corrected chi connectivity index (χ0v) is 17.8. The van der Waals surface area contributed by atoms with Crippen molar-refractivity contribution in [2.45, 2.75) is 33.2 Å². The summed E-state index contributed by atoms with van der Waals surface area (Å²) in [7, 11) is 1.79. The van der Waals surface area contributed by atoms with Crippen molar-refractivity contribution in [1.29, 1.82) is 0 Å². The first-order chi connectivity index (χ1) is 14.2.